The largest absolute Gasteiger partial charge is 0.332 e. The van der Waals surface area contributed by atoms with Gasteiger partial charge in [0.2, 0.25) is 0 Å². The van der Waals surface area contributed by atoms with E-state index in [2.05, 4.69) is 43.4 Å². The van der Waals surface area contributed by atoms with E-state index in [1.165, 1.54) is 64.2 Å². The topological polar surface area (TPSA) is 17.8 Å². The number of unbranched alkanes of at least 4 members (excludes halogenated alkanes) is 6. The molecule has 0 saturated heterocycles. The molecule has 0 aliphatic heterocycles. The van der Waals surface area contributed by atoms with Gasteiger partial charge in [-0.05, 0) is 32.6 Å². The molecule has 2 heteroatoms. The van der Waals surface area contributed by atoms with E-state index in [1.54, 1.807) is 0 Å². The molecule has 0 aliphatic carbocycles. The van der Waals surface area contributed by atoms with Gasteiger partial charge in [0.05, 0.1) is 6.33 Å². The maximum Gasteiger partial charge on any atom is 0.0951 e. The summed E-state index contributed by atoms with van der Waals surface area (Å²) < 4.78 is 2.32. The number of nitrogens with zero attached hydrogens (tertiary/aromatic N) is 2. The van der Waals surface area contributed by atoms with Crippen molar-refractivity contribution >= 4 is 0 Å². The highest BCUT2D eigenvalue weighted by atomic mass is 15.1. The van der Waals surface area contributed by atoms with E-state index in [1.807, 2.05) is 12.5 Å². The van der Waals surface area contributed by atoms with Gasteiger partial charge in [-0.15, -0.1) is 0 Å². The molecular formula is C19H36N2. The molecule has 0 aliphatic rings. The summed E-state index contributed by atoms with van der Waals surface area (Å²) in [4.78, 5) is 4.25. The van der Waals surface area contributed by atoms with Crippen LogP contribution in [0.4, 0.5) is 0 Å². The van der Waals surface area contributed by atoms with Crippen LogP contribution in [0.1, 0.15) is 91.9 Å². The van der Waals surface area contributed by atoms with Gasteiger partial charge in [-0.3, -0.25) is 0 Å². The molecular weight excluding hydrogens is 256 g/mol. The van der Waals surface area contributed by atoms with Crippen LogP contribution >= 0.6 is 0 Å². The van der Waals surface area contributed by atoms with Crippen molar-refractivity contribution in [1.29, 1.82) is 0 Å². The second-order valence-electron chi connectivity index (χ2n) is 7.02. The van der Waals surface area contributed by atoms with Crippen LogP contribution in [0.5, 0.6) is 0 Å². The lowest BCUT2D eigenvalue weighted by Gasteiger charge is -2.36. The van der Waals surface area contributed by atoms with Crippen molar-refractivity contribution in [3.8, 4) is 0 Å². The number of hydrogen-bond acceptors (Lipinski definition) is 1. The summed E-state index contributed by atoms with van der Waals surface area (Å²) in [7, 11) is 0. The first-order valence-electron chi connectivity index (χ1n) is 9.11. The summed E-state index contributed by atoms with van der Waals surface area (Å²) in [6, 6.07) is 0. The van der Waals surface area contributed by atoms with Crippen LogP contribution in [-0.2, 0) is 5.54 Å². The Kier molecular flexibility index (Phi) is 8.72. The van der Waals surface area contributed by atoms with Gasteiger partial charge in [0.1, 0.15) is 0 Å². The third kappa shape index (κ3) is 6.23. The predicted molar refractivity (Wildman–Crippen MR) is 92.6 cm³/mol. The van der Waals surface area contributed by atoms with Crippen LogP contribution in [0.2, 0.25) is 0 Å². The van der Waals surface area contributed by atoms with Crippen molar-refractivity contribution in [2.45, 2.75) is 97.4 Å². The van der Waals surface area contributed by atoms with Crippen LogP contribution in [0.3, 0.4) is 0 Å². The number of hydrogen-bond donors (Lipinski definition) is 0. The minimum atomic E-state index is 0.189. The van der Waals surface area contributed by atoms with E-state index >= 15 is 0 Å². The quantitative estimate of drug-likeness (QED) is 0.421. The first-order chi connectivity index (χ1) is 10.1. The summed E-state index contributed by atoms with van der Waals surface area (Å²) in [6.45, 7) is 9.35. The van der Waals surface area contributed by atoms with E-state index < -0.39 is 0 Å². The maximum atomic E-state index is 4.25. The monoisotopic (exact) mass is 292 g/mol. The minimum Gasteiger partial charge on any atom is -0.332 e. The lowest BCUT2D eigenvalue weighted by atomic mass is 9.79. The molecule has 0 saturated carbocycles. The van der Waals surface area contributed by atoms with Crippen molar-refractivity contribution in [2.75, 3.05) is 0 Å². The molecule has 0 N–H and O–H groups in total. The zero-order valence-electron chi connectivity index (χ0n) is 14.8. The Balaban J connectivity index is 2.54. The van der Waals surface area contributed by atoms with Gasteiger partial charge in [0, 0.05) is 17.9 Å². The van der Waals surface area contributed by atoms with E-state index in [0.717, 1.165) is 5.92 Å². The van der Waals surface area contributed by atoms with Crippen LogP contribution in [-0.4, -0.2) is 9.55 Å². The van der Waals surface area contributed by atoms with Crippen LogP contribution in [0.15, 0.2) is 18.7 Å². The fourth-order valence-electron chi connectivity index (χ4n) is 3.30. The summed E-state index contributed by atoms with van der Waals surface area (Å²) in [6.07, 6.45) is 19.7. The van der Waals surface area contributed by atoms with Crippen molar-refractivity contribution in [2.24, 2.45) is 5.92 Å². The third-order valence-electron chi connectivity index (χ3n) is 4.98. The molecule has 1 aromatic rings. The number of aromatic nitrogens is 2. The summed E-state index contributed by atoms with van der Waals surface area (Å²) in [5.41, 5.74) is 0.189. The average Bonchev–Trinajstić information content (AvgIpc) is 3.00. The summed E-state index contributed by atoms with van der Waals surface area (Å²) in [5.74, 6) is 0.764. The molecule has 0 fully saturated rings. The number of imidazole rings is 1. The molecule has 0 spiro atoms. The van der Waals surface area contributed by atoms with Gasteiger partial charge in [-0.25, -0.2) is 4.98 Å². The molecule has 2 nitrogen and oxygen atoms in total. The Morgan fingerprint density at radius 3 is 2.05 bits per heavy atom. The fourth-order valence-corrected chi connectivity index (χ4v) is 3.30. The normalized spacial score (nSPS) is 13.5. The average molecular weight is 293 g/mol. The Hall–Kier alpha value is -0.790. The first-order valence-corrected chi connectivity index (χ1v) is 9.11. The molecule has 1 rings (SSSR count). The van der Waals surface area contributed by atoms with E-state index in [0.29, 0.717) is 0 Å². The van der Waals surface area contributed by atoms with Crippen molar-refractivity contribution in [3.63, 3.8) is 0 Å². The molecule has 1 aromatic heterocycles. The molecule has 1 atom stereocenters. The third-order valence-corrected chi connectivity index (χ3v) is 4.98. The fraction of sp³-hybridized carbons (Fsp3) is 0.842. The van der Waals surface area contributed by atoms with Crippen LogP contribution in [0.25, 0.3) is 0 Å². The lowest BCUT2D eigenvalue weighted by Crippen LogP contribution is -2.34. The molecule has 0 radical (unpaired) electrons. The highest BCUT2D eigenvalue weighted by Gasteiger charge is 2.29. The Bertz CT molecular complexity index is 340. The van der Waals surface area contributed by atoms with Gasteiger partial charge in [-0.1, -0.05) is 65.2 Å². The molecule has 1 heterocycles. The predicted octanol–water partition coefficient (Wildman–Crippen LogP) is 6.18. The Labute approximate surface area is 132 Å². The van der Waals surface area contributed by atoms with E-state index in [-0.39, 0.29) is 5.54 Å². The molecule has 0 unspecified atom stereocenters. The van der Waals surface area contributed by atoms with Gasteiger partial charge in [0.15, 0.2) is 0 Å². The van der Waals surface area contributed by atoms with Crippen molar-refractivity contribution in [3.05, 3.63) is 18.7 Å². The zero-order valence-corrected chi connectivity index (χ0v) is 14.8. The van der Waals surface area contributed by atoms with E-state index in [4.69, 9.17) is 0 Å². The molecule has 122 valence electrons. The summed E-state index contributed by atoms with van der Waals surface area (Å²) >= 11 is 0. The summed E-state index contributed by atoms with van der Waals surface area (Å²) in [5, 5.41) is 0. The first kappa shape index (κ1) is 18.3. The lowest BCUT2D eigenvalue weighted by molar-refractivity contribution is 0.182. The standard InChI is InChI=1S/C19H36N2/c1-5-7-9-10-12-14-18(13-11-8-6-2)19(3,4)21-16-15-20-17-21/h15-18H,5-14H2,1-4H3/t18-/m0/s1. The molecule has 21 heavy (non-hydrogen) atoms. The van der Waals surface area contributed by atoms with Gasteiger partial charge >= 0.3 is 0 Å². The Morgan fingerprint density at radius 2 is 1.48 bits per heavy atom. The second-order valence-corrected chi connectivity index (χ2v) is 7.02. The van der Waals surface area contributed by atoms with Gasteiger partial charge < -0.3 is 4.57 Å². The zero-order chi connectivity index (χ0) is 15.6. The van der Waals surface area contributed by atoms with Crippen molar-refractivity contribution in [1.82, 2.24) is 9.55 Å². The maximum absolute atomic E-state index is 4.25. The minimum absolute atomic E-state index is 0.189. The van der Waals surface area contributed by atoms with Gasteiger partial charge in [0.25, 0.3) is 0 Å². The van der Waals surface area contributed by atoms with Crippen molar-refractivity contribution < 1.29 is 0 Å². The molecule has 0 aromatic carbocycles. The molecule has 0 bridgehead atoms. The SMILES string of the molecule is CCCCCCC[C@H](CCCCC)C(C)(C)n1ccnc1. The number of rotatable bonds is 12. The Morgan fingerprint density at radius 1 is 0.905 bits per heavy atom. The highest BCUT2D eigenvalue weighted by molar-refractivity contribution is 4.90. The van der Waals surface area contributed by atoms with Gasteiger partial charge in [-0.2, -0.15) is 0 Å². The molecule has 0 amide bonds. The smallest absolute Gasteiger partial charge is 0.0951 e. The van der Waals surface area contributed by atoms with Crippen LogP contribution < -0.4 is 0 Å². The second kappa shape index (κ2) is 10.0. The van der Waals surface area contributed by atoms with E-state index in [9.17, 15) is 0 Å². The highest BCUT2D eigenvalue weighted by Crippen LogP contribution is 2.34. The van der Waals surface area contributed by atoms with Crippen LogP contribution in [0, 0.1) is 5.92 Å².